The molecule has 1 atom stereocenters. The third kappa shape index (κ3) is 3.07. The average Bonchev–Trinajstić information content (AvgIpc) is 3.30. The Balaban J connectivity index is 1.43. The fraction of sp³-hybridized carbons (Fsp3) is 0.412. The number of urea groups is 1. The molecule has 1 N–H and O–H groups in total. The van der Waals surface area contributed by atoms with Gasteiger partial charge in [-0.05, 0) is 49.1 Å². The summed E-state index contributed by atoms with van der Waals surface area (Å²) in [5.41, 5.74) is 1.77. The lowest BCUT2D eigenvalue weighted by Crippen LogP contribution is -2.51. The van der Waals surface area contributed by atoms with E-state index in [0.29, 0.717) is 25.7 Å². The van der Waals surface area contributed by atoms with Crippen molar-refractivity contribution in [2.75, 3.05) is 25.1 Å². The second kappa shape index (κ2) is 6.04. The summed E-state index contributed by atoms with van der Waals surface area (Å²) in [5, 5.41) is 7.19. The molecule has 1 saturated carbocycles. The highest BCUT2D eigenvalue weighted by molar-refractivity contribution is 5.89. The van der Waals surface area contributed by atoms with Gasteiger partial charge in [0.25, 0.3) is 0 Å². The van der Waals surface area contributed by atoms with Crippen LogP contribution in [0.4, 0.5) is 10.5 Å². The van der Waals surface area contributed by atoms with Gasteiger partial charge in [-0.3, -0.25) is 0 Å². The van der Waals surface area contributed by atoms with E-state index in [9.17, 15) is 4.79 Å². The smallest absolute Gasteiger partial charge is 0.322 e. The molecule has 6 heteroatoms. The first-order valence-electron chi connectivity index (χ1n) is 8.07. The number of anilines is 1. The van der Waals surface area contributed by atoms with Gasteiger partial charge in [-0.1, -0.05) is 0 Å². The number of benzene rings is 1. The maximum atomic E-state index is 12.6. The summed E-state index contributed by atoms with van der Waals surface area (Å²) in [6, 6.07) is 9.78. The van der Waals surface area contributed by atoms with Crippen molar-refractivity contribution >= 4 is 11.7 Å². The number of amides is 2. The standard InChI is InChI=1S/C17H20N4O2/c22-17(20-10-11-23-12-16(20)13-2-3-13)19-14-4-6-15(7-5-14)21-9-1-8-18-21/h1,4-9,13,16H,2-3,10-12H2,(H,19,22)/t16-/m0/s1. The van der Waals surface area contributed by atoms with Gasteiger partial charge in [0, 0.05) is 24.6 Å². The van der Waals surface area contributed by atoms with Crippen molar-refractivity contribution in [1.82, 2.24) is 14.7 Å². The molecule has 0 bridgehead atoms. The Labute approximate surface area is 135 Å². The van der Waals surface area contributed by atoms with Crippen molar-refractivity contribution < 1.29 is 9.53 Å². The number of nitrogens with zero attached hydrogens (tertiary/aromatic N) is 3. The number of morpholine rings is 1. The van der Waals surface area contributed by atoms with Gasteiger partial charge in [0.1, 0.15) is 0 Å². The molecule has 120 valence electrons. The van der Waals surface area contributed by atoms with E-state index in [0.717, 1.165) is 11.4 Å². The quantitative estimate of drug-likeness (QED) is 0.947. The molecule has 2 aliphatic rings. The van der Waals surface area contributed by atoms with Gasteiger partial charge < -0.3 is 15.0 Å². The molecule has 23 heavy (non-hydrogen) atoms. The highest BCUT2D eigenvalue weighted by atomic mass is 16.5. The summed E-state index contributed by atoms with van der Waals surface area (Å²) < 4.78 is 7.33. The molecular weight excluding hydrogens is 292 g/mol. The monoisotopic (exact) mass is 312 g/mol. The summed E-state index contributed by atoms with van der Waals surface area (Å²) in [6.07, 6.45) is 6.04. The van der Waals surface area contributed by atoms with Crippen LogP contribution < -0.4 is 5.32 Å². The van der Waals surface area contributed by atoms with Crippen molar-refractivity contribution in [1.29, 1.82) is 0 Å². The largest absolute Gasteiger partial charge is 0.377 e. The maximum absolute atomic E-state index is 12.6. The molecule has 1 aromatic heterocycles. The normalized spacial score (nSPS) is 21.2. The Bertz CT molecular complexity index is 664. The van der Waals surface area contributed by atoms with Crippen LogP contribution in [0.15, 0.2) is 42.7 Å². The topological polar surface area (TPSA) is 59.4 Å². The number of rotatable bonds is 3. The Hall–Kier alpha value is -2.34. The molecule has 0 radical (unpaired) electrons. The van der Waals surface area contributed by atoms with Gasteiger partial charge in [-0.15, -0.1) is 0 Å². The molecule has 1 aromatic carbocycles. The zero-order chi connectivity index (χ0) is 15.6. The first kappa shape index (κ1) is 14.3. The van der Waals surface area contributed by atoms with Gasteiger partial charge >= 0.3 is 6.03 Å². The van der Waals surface area contributed by atoms with E-state index in [2.05, 4.69) is 10.4 Å². The number of ether oxygens (including phenoxy) is 1. The van der Waals surface area contributed by atoms with Gasteiger partial charge in [-0.25, -0.2) is 9.48 Å². The molecular formula is C17H20N4O2. The predicted octanol–water partition coefficient (Wildman–Crippen LogP) is 2.52. The number of carbonyl (C=O) groups excluding carboxylic acids is 1. The molecule has 2 aromatic rings. The maximum Gasteiger partial charge on any atom is 0.322 e. The Morgan fingerprint density at radius 3 is 2.78 bits per heavy atom. The van der Waals surface area contributed by atoms with Crippen LogP contribution in [-0.2, 0) is 4.74 Å². The number of carbonyl (C=O) groups is 1. The average molecular weight is 312 g/mol. The molecule has 1 saturated heterocycles. The molecule has 0 spiro atoms. The second-order valence-corrected chi connectivity index (χ2v) is 6.10. The zero-order valence-electron chi connectivity index (χ0n) is 12.9. The summed E-state index contributed by atoms with van der Waals surface area (Å²) in [7, 11) is 0. The van der Waals surface area contributed by atoms with Crippen LogP contribution >= 0.6 is 0 Å². The molecule has 4 rings (SSSR count). The lowest BCUT2D eigenvalue weighted by Gasteiger charge is -2.35. The Morgan fingerprint density at radius 1 is 1.26 bits per heavy atom. The van der Waals surface area contributed by atoms with Crippen LogP contribution in [0.3, 0.4) is 0 Å². The fourth-order valence-corrected chi connectivity index (χ4v) is 3.06. The van der Waals surface area contributed by atoms with Crippen LogP contribution in [-0.4, -0.2) is 46.5 Å². The van der Waals surface area contributed by atoms with E-state index >= 15 is 0 Å². The first-order chi connectivity index (χ1) is 11.3. The summed E-state index contributed by atoms with van der Waals surface area (Å²) >= 11 is 0. The van der Waals surface area contributed by atoms with Crippen LogP contribution in [0.25, 0.3) is 5.69 Å². The molecule has 1 aliphatic heterocycles. The van der Waals surface area contributed by atoms with E-state index in [4.69, 9.17) is 4.74 Å². The molecule has 0 unspecified atom stereocenters. The van der Waals surface area contributed by atoms with Gasteiger partial charge in [-0.2, -0.15) is 5.10 Å². The van der Waals surface area contributed by atoms with Crippen molar-refractivity contribution in [3.63, 3.8) is 0 Å². The van der Waals surface area contributed by atoms with Crippen molar-refractivity contribution in [2.45, 2.75) is 18.9 Å². The van der Waals surface area contributed by atoms with E-state index in [-0.39, 0.29) is 12.1 Å². The number of hydrogen-bond donors (Lipinski definition) is 1. The molecule has 2 heterocycles. The van der Waals surface area contributed by atoms with Crippen molar-refractivity contribution in [3.05, 3.63) is 42.7 Å². The molecule has 6 nitrogen and oxygen atoms in total. The SMILES string of the molecule is O=C(Nc1ccc(-n2cccn2)cc1)N1CCOC[C@H]1C1CC1. The van der Waals surface area contributed by atoms with Gasteiger partial charge in [0.15, 0.2) is 0 Å². The van der Waals surface area contributed by atoms with Gasteiger partial charge in [0.2, 0.25) is 0 Å². The zero-order valence-corrected chi connectivity index (χ0v) is 12.9. The molecule has 1 aliphatic carbocycles. The third-order valence-corrected chi connectivity index (χ3v) is 4.48. The van der Waals surface area contributed by atoms with Crippen molar-refractivity contribution in [3.8, 4) is 5.69 Å². The summed E-state index contributed by atoms with van der Waals surface area (Å²) in [5.74, 6) is 0.614. The summed E-state index contributed by atoms with van der Waals surface area (Å²) in [4.78, 5) is 14.5. The van der Waals surface area contributed by atoms with Crippen LogP contribution in [0, 0.1) is 5.92 Å². The predicted molar refractivity (Wildman–Crippen MR) is 86.6 cm³/mol. The molecule has 2 amide bonds. The number of nitrogens with one attached hydrogen (secondary N) is 1. The van der Waals surface area contributed by atoms with Crippen LogP contribution in [0.5, 0.6) is 0 Å². The minimum Gasteiger partial charge on any atom is -0.377 e. The summed E-state index contributed by atoms with van der Waals surface area (Å²) in [6.45, 7) is 1.95. The van der Waals surface area contributed by atoms with E-state index in [1.165, 1.54) is 12.8 Å². The first-order valence-corrected chi connectivity index (χ1v) is 8.07. The fourth-order valence-electron chi connectivity index (χ4n) is 3.06. The number of hydrogen-bond acceptors (Lipinski definition) is 3. The van der Waals surface area contributed by atoms with Crippen LogP contribution in [0.1, 0.15) is 12.8 Å². The van der Waals surface area contributed by atoms with E-state index < -0.39 is 0 Å². The Kier molecular flexibility index (Phi) is 3.75. The van der Waals surface area contributed by atoms with Crippen LogP contribution in [0.2, 0.25) is 0 Å². The lowest BCUT2D eigenvalue weighted by molar-refractivity contribution is 0.00773. The van der Waals surface area contributed by atoms with Gasteiger partial charge in [0.05, 0.1) is 24.9 Å². The van der Waals surface area contributed by atoms with E-state index in [1.54, 1.807) is 10.9 Å². The number of aromatic nitrogens is 2. The minimum atomic E-state index is -0.0305. The van der Waals surface area contributed by atoms with E-state index in [1.807, 2.05) is 41.4 Å². The third-order valence-electron chi connectivity index (χ3n) is 4.48. The molecule has 2 fully saturated rings. The Morgan fingerprint density at radius 2 is 2.09 bits per heavy atom. The highest BCUT2D eigenvalue weighted by Crippen LogP contribution is 2.36. The minimum absolute atomic E-state index is 0.0305. The second-order valence-electron chi connectivity index (χ2n) is 6.10. The lowest BCUT2D eigenvalue weighted by atomic mass is 10.1. The van der Waals surface area contributed by atoms with Crippen molar-refractivity contribution in [2.24, 2.45) is 5.92 Å². The highest BCUT2D eigenvalue weighted by Gasteiger charge is 2.39.